The molecule has 3 rings (SSSR count). The molecule has 0 spiro atoms. The first-order valence-electron chi connectivity index (χ1n) is 7.78. The maximum Gasteiger partial charge on any atom is 0.242 e. The van der Waals surface area contributed by atoms with E-state index in [4.69, 9.17) is 10.5 Å². The minimum absolute atomic E-state index is 0.0566. The van der Waals surface area contributed by atoms with Gasteiger partial charge >= 0.3 is 0 Å². The first kappa shape index (κ1) is 15.1. The first-order chi connectivity index (χ1) is 10.6. The summed E-state index contributed by atoms with van der Waals surface area (Å²) >= 11 is 0. The van der Waals surface area contributed by atoms with Gasteiger partial charge in [0, 0.05) is 45.1 Å². The number of aromatic hydroxyl groups is 1. The normalized spacial score (nSPS) is 21.7. The highest BCUT2D eigenvalue weighted by atomic mass is 16.5. The van der Waals surface area contributed by atoms with E-state index in [1.165, 1.54) is 0 Å². The number of anilines is 1. The summed E-state index contributed by atoms with van der Waals surface area (Å²) in [4.78, 5) is 16.8. The molecule has 3 N–H and O–H groups in total. The fraction of sp³-hybridized carbons (Fsp3) is 0.562. The van der Waals surface area contributed by atoms with E-state index in [9.17, 15) is 9.90 Å². The maximum atomic E-state index is 12.7. The van der Waals surface area contributed by atoms with Crippen LogP contribution in [0.25, 0.3) is 0 Å². The lowest BCUT2D eigenvalue weighted by Gasteiger charge is -2.41. The molecular formula is C16H23N3O3. The molecule has 6 heteroatoms. The number of benzene rings is 1. The summed E-state index contributed by atoms with van der Waals surface area (Å²) in [5.41, 5.74) is 6.60. The number of carbonyl (C=O) groups excluding carboxylic acids is 1. The van der Waals surface area contributed by atoms with Crippen LogP contribution in [0, 0.1) is 0 Å². The smallest absolute Gasteiger partial charge is 0.242 e. The standard InChI is InChI=1S/C16H23N3O3/c17-16(5-11-22-12-6-16)15(21)19-9-7-18(8-10-19)13-1-3-14(20)4-2-13/h1-4,20H,5-12,17H2. The Balaban J connectivity index is 1.59. The highest BCUT2D eigenvalue weighted by Gasteiger charge is 2.39. The average molecular weight is 305 g/mol. The van der Waals surface area contributed by atoms with E-state index in [2.05, 4.69) is 4.90 Å². The van der Waals surface area contributed by atoms with Crippen LogP contribution in [0.3, 0.4) is 0 Å². The van der Waals surface area contributed by atoms with E-state index in [1.807, 2.05) is 17.0 Å². The van der Waals surface area contributed by atoms with Crippen LogP contribution in [-0.2, 0) is 9.53 Å². The third kappa shape index (κ3) is 3.03. The fourth-order valence-corrected chi connectivity index (χ4v) is 3.10. The molecular weight excluding hydrogens is 282 g/mol. The van der Waals surface area contributed by atoms with Crippen molar-refractivity contribution in [2.75, 3.05) is 44.3 Å². The third-order valence-electron chi connectivity index (χ3n) is 4.59. The number of rotatable bonds is 2. The topological polar surface area (TPSA) is 79.0 Å². The highest BCUT2D eigenvalue weighted by molar-refractivity contribution is 5.86. The first-order valence-corrected chi connectivity index (χ1v) is 7.78. The van der Waals surface area contributed by atoms with E-state index < -0.39 is 5.54 Å². The molecule has 22 heavy (non-hydrogen) atoms. The zero-order valence-electron chi connectivity index (χ0n) is 12.7. The largest absolute Gasteiger partial charge is 0.508 e. The molecule has 0 saturated carbocycles. The van der Waals surface area contributed by atoms with E-state index in [0.29, 0.717) is 39.1 Å². The molecule has 2 saturated heterocycles. The Kier molecular flexibility index (Phi) is 4.22. The van der Waals surface area contributed by atoms with Crippen molar-refractivity contribution in [3.63, 3.8) is 0 Å². The van der Waals surface area contributed by atoms with Crippen molar-refractivity contribution in [2.45, 2.75) is 18.4 Å². The molecule has 1 aromatic rings. The van der Waals surface area contributed by atoms with E-state index in [-0.39, 0.29) is 11.7 Å². The molecule has 2 heterocycles. The second-order valence-electron chi connectivity index (χ2n) is 6.06. The SMILES string of the molecule is NC1(C(=O)N2CCN(c3ccc(O)cc3)CC2)CCOCC1. The Hall–Kier alpha value is -1.79. The number of piperazine rings is 1. The van der Waals surface area contributed by atoms with Gasteiger partial charge in [-0.2, -0.15) is 0 Å². The Morgan fingerprint density at radius 1 is 1.09 bits per heavy atom. The molecule has 1 aromatic carbocycles. The average Bonchev–Trinajstić information content (AvgIpc) is 2.56. The van der Waals surface area contributed by atoms with Crippen molar-refractivity contribution in [1.29, 1.82) is 0 Å². The van der Waals surface area contributed by atoms with Gasteiger partial charge in [-0.25, -0.2) is 0 Å². The van der Waals surface area contributed by atoms with Gasteiger partial charge < -0.3 is 25.4 Å². The Labute approximate surface area is 130 Å². The summed E-state index contributed by atoms with van der Waals surface area (Å²) in [6.45, 7) is 4.05. The van der Waals surface area contributed by atoms with E-state index in [1.54, 1.807) is 12.1 Å². The van der Waals surface area contributed by atoms with Crippen molar-refractivity contribution in [1.82, 2.24) is 4.90 Å². The second kappa shape index (κ2) is 6.14. The molecule has 0 atom stereocenters. The van der Waals surface area contributed by atoms with Crippen molar-refractivity contribution >= 4 is 11.6 Å². The highest BCUT2D eigenvalue weighted by Crippen LogP contribution is 2.23. The van der Waals surface area contributed by atoms with Crippen LogP contribution in [0.1, 0.15) is 12.8 Å². The zero-order chi connectivity index (χ0) is 15.6. The lowest BCUT2D eigenvalue weighted by molar-refractivity contribution is -0.140. The fourth-order valence-electron chi connectivity index (χ4n) is 3.10. The number of hydrogen-bond donors (Lipinski definition) is 2. The summed E-state index contributed by atoms with van der Waals surface area (Å²) < 4.78 is 5.31. The van der Waals surface area contributed by atoms with Gasteiger partial charge in [0.2, 0.25) is 5.91 Å². The summed E-state index contributed by atoms with van der Waals surface area (Å²) in [5.74, 6) is 0.323. The number of hydrogen-bond acceptors (Lipinski definition) is 5. The quantitative estimate of drug-likeness (QED) is 0.834. The van der Waals surface area contributed by atoms with Gasteiger partial charge in [0.05, 0.1) is 5.54 Å². The predicted molar refractivity (Wildman–Crippen MR) is 83.9 cm³/mol. The van der Waals surface area contributed by atoms with Gasteiger partial charge in [-0.3, -0.25) is 4.79 Å². The van der Waals surface area contributed by atoms with Crippen LogP contribution < -0.4 is 10.6 Å². The molecule has 0 unspecified atom stereocenters. The minimum Gasteiger partial charge on any atom is -0.508 e. The number of ether oxygens (including phenoxy) is 1. The van der Waals surface area contributed by atoms with E-state index >= 15 is 0 Å². The van der Waals surface area contributed by atoms with Crippen molar-refractivity contribution < 1.29 is 14.6 Å². The van der Waals surface area contributed by atoms with Crippen LogP contribution in [0.5, 0.6) is 5.75 Å². The second-order valence-corrected chi connectivity index (χ2v) is 6.06. The summed E-state index contributed by atoms with van der Waals surface area (Å²) in [6, 6.07) is 7.17. The van der Waals surface area contributed by atoms with Crippen LogP contribution in [0.4, 0.5) is 5.69 Å². The monoisotopic (exact) mass is 305 g/mol. The van der Waals surface area contributed by atoms with Gasteiger partial charge in [-0.15, -0.1) is 0 Å². The molecule has 6 nitrogen and oxygen atoms in total. The number of amides is 1. The molecule has 0 aliphatic carbocycles. The molecule has 120 valence electrons. The summed E-state index contributed by atoms with van der Waals surface area (Å²) in [6.07, 6.45) is 1.20. The Morgan fingerprint density at radius 3 is 2.27 bits per heavy atom. The van der Waals surface area contributed by atoms with Crippen LogP contribution in [0.2, 0.25) is 0 Å². The number of phenols is 1. The van der Waals surface area contributed by atoms with Gasteiger partial charge in [0.15, 0.2) is 0 Å². The van der Waals surface area contributed by atoms with Gasteiger partial charge in [-0.05, 0) is 37.1 Å². The molecule has 2 aliphatic rings. The molecule has 2 aliphatic heterocycles. The molecule has 1 amide bonds. The lowest BCUT2D eigenvalue weighted by atomic mass is 9.89. The van der Waals surface area contributed by atoms with Crippen LogP contribution >= 0.6 is 0 Å². The van der Waals surface area contributed by atoms with Crippen LogP contribution in [0.15, 0.2) is 24.3 Å². The van der Waals surface area contributed by atoms with E-state index in [0.717, 1.165) is 18.8 Å². The Bertz CT molecular complexity index is 518. The third-order valence-corrected chi connectivity index (χ3v) is 4.59. The summed E-state index contributed by atoms with van der Waals surface area (Å²) in [7, 11) is 0. The molecule has 2 fully saturated rings. The number of phenolic OH excluding ortho intramolecular Hbond substituents is 1. The van der Waals surface area contributed by atoms with Gasteiger partial charge in [0.25, 0.3) is 0 Å². The molecule has 0 aromatic heterocycles. The Morgan fingerprint density at radius 2 is 1.68 bits per heavy atom. The minimum atomic E-state index is -0.751. The van der Waals surface area contributed by atoms with Crippen molar-refractivity contribution in [3.05, 3.63) is 24.3 Å². The molecule has 0 radical (unpaired) electrons. The number of carbonyl (C=O) groups is 1. The molecule has 0 bridgehead atoms. The van der Waals surface area contributed by atoms with Gasteiger partial charge in [-0.1, -0.05) is 0 Å². The van der Waals surface area contributed by atoms with Crippen molar-refractivity contribution in [3.8, 4) is 5.75 Å². The lowest BCUT2D eigenvalue weighted by Crippen LogP contribution is -2.61. The van der Waals surface area contributed by atoms with Crippen molar-refractivity contribution in [2.24, 2.45) is 5.73 Å². The zero-order valence-corrected chi connectivity index (χ0v) is 12.7. The summed E-state index contributed by atoms with van der Waals surface area (Å²) in [5, 5.41) is 9.35. The predicted octanol–water partition coefficient (Wildman–Crippen LogP) is 0.549. The van der Waals surface area contributed by atoms with Gasteiger partial charge in [0.1, 0.15) is 5.75 Å². The number of nitrogens with zero attached hydrogens (tertiary/aromatic N) is 2. The maximum absolute atomic E-state index is 12.7. The van der Waals surface area contributed by atoms with Crippen LogP contribution in [-0.4, -0.2) is 60.8 Å². The number of nitrogens with two attached hydrogens (primary N) is 1.